The van der Waals surface area contributed by atoms with E-state index >= 15 is 0 Å². The van der Waals surface area contributed by atoms with Crippen molar-refractivity contribution in [1.82, 2.24) is 0 Å². The predicted octanol–water partition coefficient (Wildman–Crippen LogP) is 9.14. The van der Waals surface area contributed by atoms with Crippen LogP contribution < -0.4 is 4.90 Å². The number of rotatable bonds is 7. The molecule has 1 amide bonds. The van der Waals surface area contributed by atoms with Gasteiger partial charge >= 0.3 is 0 Å². The van der Waals surface area contributed by atoms with E-state index in [4.69, 9.17) is 9.73 Å². The summed E-state index contributed by atoms with van der Waals surface area (Å²) >= 11 is 0. The van der Waals surface area contributed by atoms with Gasteiger partial charge in [0.2, 0.25) is 5.90 Å². The van der Waals surface area contributed by atoms with Gasteiger partial charge in [-0.2, -0.15) is 0 Å². The van der Waals surface area contributed by atoms with Crippen LogP contribution >= 0.6 is 0 Å². The number of allylic oxidation sites excluding steroid dienone is 1. The van der Waals surface area contributed by atoms with E-state index in [1.165, 1.54) is 32.1 Å². The van der Waals surface area contributed by atoms with Crippen LogP contribution in [0.1, 0.15) is 59.2 Å². The maximum Gasteiger partial charge on any atom is 0.266 e. The number of aliphatic imine (C=N–C) groups is 1. The number of aryl methyl sites for hydroxylation is 1. The van der Waals surface area contributed by atoms with Crippen LogP contribution in [0.25, 0.3) is 6.08 Å². The average Bonchev–Trinajstić information content (AvgIpc) is 3.39. The molecule has 4 bridgehead atoms. The first-order valence-corrected chi connectivity index (χ1v) is 17.0. The van der Waals surface area contributed by atoms with Gasteiger partial charge in [0.1, 0.15) is 17.2 Å². The highest BCUT2D eigenvalue weighted by Crippen LogP contribution is 2.55. The highest BCUT2D eigenvalue weighted by atomic mass is 16.5. The molecular formula is C42H40N2O3. The van der Waals surface area contributed by atoms with Gasteiger partial charge in [-0.15, -0.1) is 0 Å². The molecule has 4 aromatic carbocycles. The zero-order valence-corrected chi connectivity index (χ0v) is 26.8. The molecule has 1 heterocycles. The smallest absolute Gasteiger partial charge is 0.266 e. The van der Waals surface area contributed by atoms with E-state index in [9.17, 15) is 9.90 Å². The zero-order valence-electron chi connectivity index (χ0n) is 26.8. The average molecular weight is 621 g/mol. The lowest BCUT2D eigenvalue weighted by Gasteiger charge is -2.53. The van der Waals surface area contributed by atoms with Crippen molar-refractivity contribution in [3.63, 3.8) is 0 Å². The fourth-order valence-electron chi connectivity index (χ4n) is 8.63. The molecule has 9 rings (SSSR count). The first-order valence-electron chi connectivity index (χ1n) is 17.0. The van der Waals surface area contributed by atoms with Crippen LogP contribution in [0.2, 0.25) is 0 Å². The van der Waals surface area contributed by atoms with Crippen molar-refractivity contribution in [2.24, 2.45) is 28.7 Å². The lowest BCUT2D eigenvalue weighted by atomic mass is 9.54. The molecule has 0 atom stereocenters. The number of hydrogen-bond donors (Lipinski definition) is 1. The van der Waals surface area contributed by atoms with Gasteiger partial charge in [-0.3, -0.25) is 9.69 Å². The fraction of sp³-hybridized carbons (Fsp3) is 0.286. The number of nitrogens with zero attached hydrogens (tertiary/aromatic N) is 2. The van der Waals surface area contributed by atoms with E-state index in [-0.39, 0.29) is 23.3 Å². The first kappa shape index (κ1) is 29.5. The Labute approximate surface area is 276 Å². The Morgan fingerprint density at radius 3 is 2.09 bits per heavy atom. The highest BCUT2D eigenvalue weighted by Gasteiger charge is 2.49. The van der Waals surface area contributed by atoms with Crippen LogP contribution in [0.4, 0.5) is 5.69 Å². The number of para-hydroxylation sites is 1. The molecule has 4 fully saturated rings. The van der Waals surface area contributed by atoms with Crippen molar-refractivity contribution in [3.8, 4) is 5.75 Å². The zero-order chi connectivity index (χ0) is 31.9. The summed E-state index contributed by atoms with van der Waals surface area (Å²) in [6.07, 6.45) is 8.91. The number of carbonyl (C=O) groups is 1. The third-order valence-electron chi connectivity index (χ3n) is 10.6. The van der Waals surface area contributed by atoms with E-state index in [1.54, 1.807) is 29.2 Å². The Hall–Kier alpha value is -4.90. The molecule has 0 radical (unpaired) electrons. The van der Waals surface area contributed by atoms with Crippen LogP contribution in [0.5, 0.6) is 5.75 Å². The number of benzene rings is 4. The van der Waals surface area contributed by atoms with Gasteiger partial charge in [-0.25, -0.2) is 4.99 Å². The molecule has 4 aromatic rings. The van der Waals surface area contributed by atoms with E-state index in [2.05, 4.69) is 30.3 Å². The van der Waals surface area contributed by atoms with Gasteiger partial charge in [0, 0.05) is 17.7 Å². The minimum atomic E-state index is -0.324. The minimum absolute atomic E-state index is 0.0571. The molecular weight excluding hydrogens is 580 g/mol. The van der Waals surface area contributed by atoms with E-state index < -0.39 is 0 Å². The molecule has 5 aliphatic rings. The van der Waals surface area contributed by atoms with Crippen molar-refractivity contribution in [3.05, 3.63) is 148 Å². The number of phenolic OH excluding ortho intramolecular Hbond substituents is 1. The number of ether oxygens (including phenoxy) is 1. The molecule has 47 heavy (non-hydrogen) atoms. The summed E-state index contributed by atoms with van der Waals surface area (Å²) in [5, 5.41) is 10.9. The monoisotopic (exact) mass is 620 g/mol. The second kappa shape index (κ2) is 12.4. The number of phenols is 1. The van der Waals surface area contributed by atoms with Crippen LogP contribution in [0, 0.1) is 30.6 Å². The summed E-state index contributed by atoms with van der Waals surface area (Å²) in [6, 6.07) is 35.4. The first-order chi connectivity index (χ1) is 23.0. The molecule has 0 spiro atoms. The van der Waals surface area contributed by atoms with Crippen LogP contribution in [-0.4, -0.2) is 23.0 Å². The molecule has 0 saturated heterocycles. The van der Waals surface area contributed by atoms with Crippen molar-refractivity contribution >= 4 is 23.6 Å². The van der Waals surface area contributed by atoms with Crippen LogP contribution in [0.3, 0.4) is 0 Å². The Kier molecular flexibility index (Phi) is 7.76. The summed E-state index contributed by atoms with van der Waals surface area (Å²) in [7, 11) is 0. The SMILES string of the molecule is Cc1ccc(N(C(=O)c2ccccc2O)C2=C(Cc3ccccc3)/C(=C/c3ccccc3)OC2=NC2C3CC4CC(C3)CC2C4)cc1. The van der Waals surface area contributed by atoms with Crippen molar-refractivity contribution in [1.29, 1.82) is 0 Å². The Morgan fingerprint density at radius 1 is 0.809 bits per heavy atom. The van der Waals surface area contributed by atoms with E-state index in [0.29, 0.717) is 41.3 Å². The largest absolute Gasteiger partial charge is 0.507 e. The topological polar surface area (TPSA) is 62.1 Å². The van der Waals surface area contributed by atoms with Gasteiger partial charge in [0.25, 0.3) is 5.91 Å². The standard InChI is InChI=1S/C42H40N2O3/c1-27-16-18-34(19-17-27)44(42(46)35-14-8-9-15-37(35)45)40-36(25-28-10-4-2-5-11-28)38(26-29-12-6-3-7-13-29)47-41(40)43-39-32-21-30-20-31(23-32)24-33(39)22-30/h2-19,26,30-33,39,45H,20-25H2,1H3/b38-26-,43-41?. The van der Waals surface area contributed by atoms with Crippen molar-refractivity contribution in [2.75, 3.05) is 4.90 Å². The lowest BCUT2D eigenvalue weighted by Crippen LogP contribution is -2.48. The summed E-state index contributed by atoms with van der Waals surface area (Å²) in [5.41, 5.74) is 5.70. The van der Waals surface area contributed by atoms with Crippen LogP contribution in [0.15, 0.2) is 131 Å². The van der Waals surface area contributed by atoms with Gasteiger partial charge in [-0.1, -0.05) is 90.5 Å². The fourth-order valence-corrected chi connectivity index (χ4v) is 8.63. The number of carbonyl (C=O) groups excluding carboxylic acids is 1. The normalized spacial score (nSPS) is 26.2. The third kappa shape index (κ3) is 5.80. The van der Waals surface area contributed by atoms with Crippen molar-refractivity contribution in [2.45, 2.75) is 51.5 Å². The lowest BCUT2D eigenvalue weighted by molar-refractivity contribution is 0.000720. The Morgan fingerprint density at radius 2 is 1.43 bits per heavy atom. The summed E-state index contributed by atoms with van der Waals surface area (Å²) < 4.78 is 6.89. The van der Waals surface area contributed by atoms with E-state index in [1.807, 2.05) is 67.6 Å². The molecule has 0 aromatic heterocycles. The quantitative estimate of drug-likeness (QED) is 0.224. The maximum atomic E-state index is 14.8. The van der Waals surface area contributed by atoms with Crippen molar-refractivity contribution < 1.29 is 14.6 Å². The second-order valence-electron chi connectivity index (χ2n) is 13.9. The third-order valence-corrected chi connectivity index (χ3v) is 10.6. The highest BCUT2D eigenvalue weighted by molar-refractivity contribution is 6.17. The van der Waals surface area contributed by atoms with E-state index in [0.717, 1.165) is 34.1 Å². The Balaban J connectivity index is 1.35. The predicted molar refractivity (Wildman–Crippen MR) is 187 cm³/mol. The summed E-state index contributed by atoms with van der Waals surface area (Å²) in [5.74, 6) is 3.55. The van der Waals surface area contributed by atoms with Crippen LogP contribution in [-0.2, 0) is 11.2 Å². The molecule has 5 heteroatoms. The number of aromatic hydroxyl groups is 1. The maximum absolute atomic E-state index is 14.8. The molecule has 236 valence electrons. The minimum Gasteiger partial charge on any atom is -0.507 e. The molecule has 0 unspecified atom stereocenters. The van der Waals surface area contributed by atoms with Gasteiger partial charge < -0.3 is 9.84 Å². The Bertz CT molecular complexity index is 1850. The number of hydrogen-bond acceptors (Lipinski definition) is 4. The second-order valence-corrected chi connectivity index (χ2v) is 13.9. The van der Waals surface area contributed by atoms with Gasteiger partial charge in [0.05, 0.1) is 11.6 Å². The summed E-state index contributed by atoms with van der Waals surface area (Å²) in [6.45, 7) is 2.04. The van der Waals surface area contributed by atoms with Gasteiger partial charge in [0.15, 0.2) is 0 Å². The number of amides is 1. The molecule has 4 saturated carbocycles. The molecule has 4 aliphatic carbocycles. The number of anilines is 1. The molecule has 5 nitrogen and oxygen atoms in total. The molecule has 1 aliphatic heterocycles. The summed E-state index contributed by atoms with van der Waals surface area (Å²) in [4.78, 5) is 22.1. The molecule has 1 N–H and O–H groups in total. The van der Waals surface area contributed by atoms with Gasteiger partial charge in [-0.05, 0) is 104 Å².